The average molecular weight is 306 g/mol. The third kappa shape index (κ3) is 3.66. The van der Waals surface area contributed by atoms with Gasteiger partial charge in [0.1, 0.15) is 11.6 Å². The molecule has 0 saturated heterocycles. The number of hydrogen-bond acceptors (Lipinski definition) is 4. The maximum absolute atomic E-state index is 13.9. The summed E-state index contributed by atoms with van der Waals surface area (Å²) in [4.78, 5) is 11.8. The Morgan fingerprint density at radius 2 is 2.05 bits per heavy atom. The lowest BCUT2D eigenvalue weighted by Gasteiger charge is -2.09. The van der Waals surface area contributed by atoms with E-state index in [9.17, 15) is 9.18 Å². The SMILES string of the molecule is COc1cc(N)ccc1SCc1ccc(C(N)=O)cc1F. The van der Waals surface area contributed by atoms with Crippen molar-refractivity contribution in [1.29, 1.82) is 0 Å². The molecule has 2 rings (SSSR count). The number of benzene rings is 2. The van der Waals surface area contributed by atoms with Crippen molar-refractivity contribution in [3.05, 3.63) is 53.3 Å². The van der Waals surface area contributed by atoms with Crippen LogP contribution in [0.1, 0.15) is 15.9 Å². The molecule has 4 nitrogen and oxygen atoms in total. The predicted octanol–water partition coefficient (Wildman–Crippen LogP) is 2.81. The van der Waals surface area contributed by atoms with Gasteiger partial charge < -0.3 is 16.2 Å². The number of nitrogens with two attached hydrogens (primary N) is 2. The molecule has 110 valence electrons. The summed E-state index contributed by atoms with van der Waals surface area (Å²) in [6.07, 6.45) is 0. The minimum absolute atomic E-state index is 0.159. The van der Waals surface area contributed by atoms with Crippen LogP contribution in [0.5, 0.6) is 5.75 Å². The van der Waals surface area contributed by atoms with E-state index in [1.54, 1.807) is 25.3 Å². The maximum atomic E-state index is 13.9. The van der Waals surface area contributed by atoms with E-state index in [0.717, 1.165) is 11.0 Å². The van der Waals surface area contributed by atoms with Crippen LogP contribution in [0.2, 0.25) is 0 Å². The molecular formula is C15H15FN2O2S. The van der Waals surface area contributed by atoms with Crippen LogP contribution in [0.25, 0.3) is 0 Å². The first kappa shape index (κ1) is 15.2. The van der Waals surface area contributed by atoms with Crippen LogP contribution in [0.15, 0.2) is 41.3 Å². The molecule has 0 aromatic heterocycles. The summed E-state index contributed by atoms with van der Waals surface area (Å²) in [5, 5.41) is 0. The van der Waals surface area contributed by atoms with E-state index in [-0.39, 0.29) is 5.56 Å². The Labute approximate surface area is 126 Å². The number of halogens is 1. The van der Waals surface area contributed by atoms with E-state index in [4.69, 9.17) is 16.2 Å². The molecule has 0 bridgehead atoms. The summed E-state index contributed by atoms with van der Waals surface area (Å²) < 4.78 is 19.1. The van der Waals surface area contributed by atoms with Crippen LogP contribution in [-0.2, 0) is 5.75 Å². The molecule has 21 heavy (non-hydrogen) atoms. The van der Waals surface area contributed by atoms with Gasteiger partial charge in [-0.3, -0.25) is 4.79 Å². The number of primary amides is 1. The zero-order valence-electron chi connectivity index (χ0n) is 11.4. The third-order valence-corrected chi connectivity index (χ3v) is 4.01. The Balaban J connectivity index is 2.15. The average Bonchev–Trinajstić information content (AvgIpc) is 2.46. The lowest BCUT2D eigenvalue weighted by molar-refractivity contribution is 0.1000. The third-order valence-electron chi connectivity index (χ3n) is 2.91. The molecule has 0 radical (unpaired) electrons. The normalized spacial score (nSPS) is 10.4. The molecule has 4 N–H and O–H groups in total. The molecule has 0 atom stereocenters. The van der Waals surface area contributed by atoms with Crippen molar-refractivity contribution < 1.29 is 13.9 Å². The van der Waals surface area contributed by atoms with Gasteiger partial charge in [-0.25, -0.2) is 4.39 Å². The van der Waals surface area contributed by atoms with Gasteiger partial charge in [-0.15, -0.1) is 11.8 Å². The van der Waals surface area contributed by atoms with Gasteiger partial charge in [0.25, 0.3) is 0 Å². The van der Waals surface area contributed by atoms with Gasteiger partial charge in [0.05, 0.1) is 7.11 Å². The fraction of sp³-hybridized carbons (Fsp3) is 0.133. The summed E-state index contributed by atoms with van der Waals surface area (Å²) in [6, 6.07) is 9.53. The molecule has 0 aliphatic carbocycles. The fourth-order valence-electron chi connectivity index (χ4n) is 1.78. The van der Waals surface area contributed by atoms with Gasteiger partial charge in [-0.1, -0.05) is 6.07 Å². The van der Waals surface area contributed by atoms with Crippen molar-refractivity contribution in [2.45, 2.75) is 10.6 Å². The van der Waals surface area contributed by atoms with Crippen molar-refractivity contribution >= 4 is 23.4 Å². The van der Waals surface area contributed by atoms with Crippen molar-refractivity contribution in [3.63, 3.8) is 0 Å². The number of thioether (sulfide) groups is 1. The largest absolute Gasteiger partial charge is 0.496 e. The van der Waals surface area contributed by atoms with E-state index < -0.39 is 11.7 Å². The molecule has 0 heterocycles. The quantitative estimate of drug-likeness (QED) is 0.657. The van der Waals surface area contributed by atoms with E-state index >= 15 is 0 Å². The number of amides is 1. The van der Waals surface area contributed by atoms with E-state index in [1.165, 1.54) is 17.8 Å². The molecule has 0 unspecified atom stereocenters. The summed E-state index contributed by atoms with van der Waals surface area (Å²) in [5.74, 6) is -0.0406. The highest BCUT2D eigenvalue weighted by molar-refractivity contribution is 7.98. The second-order valence-corrected chi connectivity index (χ2v) is 5.39. The number of ether oxygens (including phenoxy) is 1. The second-order valence-electron chi connectivity index (χ2n) is 4.37. The lowest BCUT2D eigenvalue weighted by atomic mass is 10.1. The first-order chi connectivity index (χ1) is 10.0. The van der Waals surface area contributed by atoms with Gasteiger partial charge in [-0.2, -0.15) is 0 Å². The van der Waals surface area contributed by atoms with Gasteiger partial charge in [0.15, 0.2) is 0 Å². The zero-order chi connectivity index (χ0) is 15.4. The summed E-state index contributed by atoms with van der Waals surface area (Å²) >= 11 is 1.43. The van der Waals surface area contributed by atoms with Crippen molar-refractivity contribution in [2.24, 2.45) is 5.73 Å². The first-order valence-corrected chi connectivity index (χ1v) is 7.14. The topological polar surface area (TPSA) is 78.3 Å². The molecule has 1 amide bonds. The minimum atomic E-state index is -0.645. The van der Waals surface area contributed by atoms with Gasteiger partial charge in [0.2, 0.25) is 5.91 Å². The number of hydrogen-bond donors (Lipinski definition) is 2. The molecule has 0 aliphatic heterocycles. The van der Waals surface area contributed by atoms with Crippen molar-refractivity contribution in [2.75, 3.05) is 12.8 Å². The lowest BCUT2D eigenvalue weighted by Crippen LogP contribution is -2.11. The van der Waals surface area contributed by atoms with Gasteiger partial charge in [0, 0.05) is 28.0 Å². The predicted molar refractivity (Wildman–Crippen MR) is 81.9 cm³/mol. The Morgan fingerprint density at radius 3 is 2.67 bits per heavy atom. The number of anilines is 1. The molecular weight excluding hydrogens is 291 g/mol. The van der Waals surface area contributed by atoms with Crippen LogP contribution >= 0.6 is 11.8 Å². The Morgan fingerprint density at radius 1 is 1.29 bits per heavy atom. The molecule has 2 aromatic carbocycles. The van der Waals surface area contributed by atoms with Crippen LogP contribution in [0.4, 0.5) is 10.1 Å². The Kier molecular flexibility index (Phi) is 4.70. The molecule has 2 aromatic rings. The smallest absolute Gasteiger partial charge is 0.248 e. The van der Waals surface area contributed by atoms with E-state index in [0.29, 0.717) is 22.8 Å². The molecule has 0 aliphatic rings. The first-order valence-electron chi connectivity index (χ1n) is 6.16. The number of carbonyl (C=O) groups excluding carboxylic acids is 1. The number of rotatable bonds is 5. The van der Waals surface area contributed by atoms with E-state index in [2.05, 4.69) is 0 Å². The zero-order valence-corrected chi connectivity index (χ0v) is 12.2. The molecule has 6 heteroatoms. The highest BCUT2D eigenvalue weighted by Gasteiger charge is 2.09. The van der Waals surface area contributed by atoms with E-state index in [1.807, 2.05) is 6.07 Å². The van der Waals surface area contributed by atoms with Gasteiger partial charge in [-0.05, 0) is 29.8 Å². The molecule has 0 fully saturated rings. The molecule has 0 spiro atoms. The van der Waals surface area contributed by atoms with Crippen molar-refractivity contribution in [1.82, 2.24) is 0 Å². The van der Waals surface area contributed by atoms with Crippen LogP contribution in [-0.4, -0.2) is 13.0 Å². The monoisotopic (exact) mass is 306 g/mol. The summed E-state index contributed by atoms with van der Waals surface area (Å²) in [7, 11) is 1.56. The van der Waals surface area contributed by atoms with Crippen LogP contribution in [0, 0.1) is 5.82 Å². The second kappa shape index (κ2) is 6.49. The van der Waals surface area contributed by atoms with Crippen LogP contribution in [0.3, 0.4) is 0 Å². The van der Waals surface area contributed by atoms with Crippen LogP contribution < -0.4 is 16.2 Å². The summed E-state index contributed by atoms with van der Waals surface area (Å²) in [5.41, 5.74) is 12.1. The number of nitrogen functional groups attached to an aromatic ring is 1. The standard InChI is InChI=1S/C15H15FN2O2S/c1-20-13-7-11(17)4-5-14(13)21-8-10-3-2-9(15(18)19)6-12(10)16/h2-7H,8,17H2,1H3,(H2,18,19). The van der Waals surface area contributed by atoms with Gasteiger partial charge >= 0.3 is 0 Å². The van der Waals surface area contributed by atoms with Crippen molar-refractivity contribution in [3.8, 4) is 5.75 Å². The number of carbonyl (C=O) groups is 1. The number of methoxy groups -OCH3 is 1. The highest BCUT2D eigenvalue weighted by Crippen LogP contribution is 2.33. The Hall–Kier alpha value is -2.21. The highest BCUT2D eigenvalue weighted by atomic mass is 32.2. The minimum Gasteiger partial charge on any atom is -0.496 e. The Bertz CT molecular complexity index is 677. The maximum Gasteiger partial charge on any atom is 0.248 e. The molecule has 0 saturated carbocycles. The fourth-order valence-corrected chi connectivity index (χ4v) is 2.77. The summed E-state index contributed by atoms with van der Waals surface area (Å²) in [6.45, 7) is 0.